The smallest absolute Gasteiger partial charge is 0.221 e. The number of aryl methyl sites for hydroxylation is 1. The van der Waals surface area contributed by atoms with Crippen LogP contribution in [-0.2, 0) is 11.3 Å². The summed E-state index contributed by atoms with van der Waals surface area (Å²) in [5.41, 5.74) is 4.76. The minimum Gasteiger partial charge on any atom is -0.371 e. The molecule has 0 atom stereocenters. The van der Waals surface area contributed by atoms with Crippen LogP contribution in [0.5, 0.6) is 0 Å². The van der Waals surface area contributed by atoms with Crippen LogP contribution in [0.15, 0.2) is 41.4 Å². The number of carbonyl (C=O) groups is 1. The molecule has 4 rings (SSSR count). The number of fused-ring (bicyclic) bond motifs is 1. The molecule has 152 valence electrons. The molecular weight excluding hydrogens is 384 g/mol. The second-order valence-corrected chi connectivity index (χ2v) is 8.49. The van der Waals surface area contributed by atoms with Crippen molar-refractivity contribution >= 4 is 40.4 Å². The van der Waals surface area contributed by atoms with Crippen molar-refractivity contribution < 1.29 is 4.79 Å². The predicted molar refractivity (Wildman–Crippen MR) is 121 cm³/mol. The molecule has 0 aromatic heterocycles. The summed E-state index contributed by atoms with van der Waals surface area (Å²) in [6, 6.07) is 11.8. The van der Waals surface area contributed by atoms with E-state index in [1.54, 1.807) is 0 Å². The SMILES string of the molecule is CC(=O)Nc1ccc(C)c2c1NC(=NCc1cccc(Cl)c1)C1(CCCCC1)N2. The van der Waals surface area contributed by atoms with E-state index in [0.29, 0.717) is 6.54 Å². The summed E-state index contributed by atoms with van der Waals surface area (Å²) in [6.07, 6.45) is 5.67. The van der Waals surface area contributed by atoms with Crippen molar-refractivity contribution in [2.24, 2.45) is 4.99 Å². The standard InChI is InChI=1S/C23H27ClN4O/c1-15-9-10-19(26-16(2)29)21-20(15)28-23(11-4-3-5-12-23)22(27-21)25-14-17-7-6-8-18(24)13-17/h6-10,13,28H,3-5,11-12,14H2,1-2H3,(H,25,27)(H,26,29). The minimum absolute atomic E-state index is 0.0896. The Kier molecular flexibility index (Phi) is 5.50. The van der Waals surface area contributed by atoms with Crippen molar-refractivity contribution in [1.29, 1.82) is 0 Å². The summed E-state index contributed by atoms with van der Waals surface area (Å²) in [7, 11) is 0. The lowest BCUT2D eigenvalue weighted by Gasteiger charge is -2.45. The number of nitrogens with zero attached hydrogens (tertiary/aromatic N) is 1. The van der Waals surface area contributed by atoms with E-state index in [2.05, 4.69) is 22.9 Å². The van der Waals surface area contributed by atoms with Gasteiger partial charge in [-0.2, -0.15) is 0 Å². The van der Waals surface area contributed by atoms with E-state index in [-0.39, 0.29) is 11.4 Å². The van der Waals surface area contributed by atoms with E-state index in [0.717, 1.165) is 51.9 Å². The zero-order valence-electron chi connectivity index (χ0n) is 16.9. The van der Waals surface area contributed by atoms with Crippen LogP contribution in [0.4, 0.5) is 17.1 Å². The average molecular weight is 411 g/mol. The highest BCUT2D eigenvalue weighted by Gasteiger charge is 2.42. The lowest BCUT2D eigenvalue weighted by Crippen LogP contribution is -2.54. The predicted octanol–water partition coefficient (Wildman–Crippen LogP) is 5.75. The second kappa shape index (κ2) is 8.07. The number of aliphatic imine (C=N–C) groups is 1. The van der Waals surface area contributed by atoms with Gasteiger partial charge in [0.15, 0.2) is 0 Å². The summed E-state index contributed by atoms with van der Waals surface area (Å²) in [6.45, 7) is 4.18. The number of amides is 1. The van der Waals surface area contributed by atoms with Crippen LogP contribution in [0.2, 0.25) is 5.02 Å². The number of amidine groups is 1. The molecule has 0 bridgehead atoms. The van der Waals surface area contributed by atoms with Crippen LogP contribution in [-0.4, -0.2) is 17.3 Å². The summed E-state index contributed by atoms with van der Waals surface area (Å²) in [5.74, 6) is 0.857. The molecule has 1 spiro atoms. The molecule has 0 radical (unpaired) electrons. The van der Waals surface area contributed by atoms with Gasteiger partial charge < -0.3 is 16.0 Å². The van der Waals surface area contributed by atoms with Gasteiger partial charge in [0.25, 0.3) is 0 Å². The Bertz CT molecular complexity index is 963. The monoisotopic (exact) mass is 410 g/mol. The molecule has 1 saturated carbocycles. The van der Waals surface area contributed by atoms with Crippen molar-refractivity contribution in [1.82, 2.24) is 0 Å². The third kappa shape index (κ3) is 4.10. The molecule has 2 aromatic carbocycles. The molecule has 1 amide bonds. The number of anilines is 3. The second-order valence-electron chi connectivity index (χ2n) is 8.05. The lowest BCUT2D eigenvalue weighted by atomic mass is 9.78. The van der Waals surface area contributed by atoms with Crippen LogP contribution < -0.4 is 16.0 Å². The molecule has 0 unspecified atom stereocenters. The first kappa shape index (κ1) is 19.8. The third-order valence-electron chi connectivity index (χ3n) is 5.80. The highest BCUT2D eigenvalue weighted by atomic mass is 35.5. The topological polar surface area (TPSA) is 65.5 Å². The van der Waals surface area contributed by atoms with E-state index < -0.39 is 0 Å². The molecule has 3 N–H and O–H groups in total. The fraction of sp³-hybridized carbons (Fsp3) is 0.391. The van der Waals surface area contributed by atoms with Gasteiger partial charge in [0, 0.05) is 11.9 Å². The maximum atomic E-state index is 11.7. The van der Waals surface area contributed by atoms with Gasteiger partial charge in [0.05, 0.1) is 29.1 Å². The van der Waals surface area contributed by atoms with Crippen molar-refractivity contribution in [3.05, 3.63) is 52.5 Å². The van der Waals surface area contributed by atoms with Crippen molar-refractivity contribution in [2.75, 3.05) is 16.0 Å². The van der Waals surface area contributed by atoms with E-state index >= 15 is 0 Å². The lowest BCUT2D eigenvalue weighted by molar-refractivity contribution is -0.114. The van der Waals surface area contributed by atoms with Crippen LogP contribution in [0.3, 0.4) is 0 Å². The first-order chi connectivity index (χ1) is 14.0. The van der Waals surface area contributed by atoms with Gasteiger partial charge in [-0.05, 0) is 49.1 Å². The molecule has 2 aliphatic rings. The number of hydrogen-bond donors (Lipinski definition) is 3. The Labute approximate surface area is 177 Å². The maximum Gasteiger partial charge on any atom is 0.221 e. The van der Waals surface area contributed by atoms with Gasteiger partial charge in [-0.3, -0.25) is 9.79 Å². The van der Waals surface area contributed by atoms with Crippen molar-refractivity contribution in [3.63, 3.8) is 0 Å². The van der Waals surface area contributed by atoms with Gasteiger partial charge in [0.2, 0.25) is 5.91 Å². The first-order valence-electron chi connectivity index (χ1n) is 10.2. The van der Waals surface area contributed by atoms with Gasteiger partial charge in [-0.15, -0.1) is 0 Å². The molecule has 29 heavy (non-hydrogen) atoms. The van der Waals surface area contributed by atoms with Crippen LogP contribution in [0, 0.1) is 6.92 Å². The van der Waals surface area contributed by atoms with Gasteiger partial charge in [-0.1, -0.05) is 49.1 Å². The minimum atomic E-state index is -0.191. The van der Waals surface area contributed by atoms with Crippen LogP contribution in [0.25, 0.3) is 0 Å². The molecule has 1 heterocycles. The fourth-order valence-electron chi connectivity index (χ4n) is 4.34. The largest absolute Gasteiger partial charge is 0.371 e. The average Bonchev–Trinajstić information content (AvgIpc) is 2.69. The molecule has 1 aliphatic carbocycles. The first-order valence-corrected chi connectivity index (χ1v) is 10.6. The summed E-state index contributed by atoms with van der Waals surface area (Å²) in [4.78, 5) is 16.7. The zero-order valence-corrected chi connectivity index (χ0v) is 17.7. The summed E-state index contributed by atoms with van der Waals surface area (Å²) >= 11 is 6.15. The molecule has 5 nitrogen and oxygen atoms in total. The third-order valence-corrected chi connectivity index (χ3v) is 6.04. The number of hydrogen-bond acceptors (Lipinski definition) is 3. The fourth-order valence-corrected chi connectivity index (χ4v) is 4.55. The summed E-state index contributed by atoms with van der Waals surface area (Å²) in [5, 5.41) is 11.1. The van der Waals surface area contributed by atoms with E-state index in [4.69, 9.17) is 16.6 Å². The molecule has 2 aromatic rings. The molecule has 6 heteroatoms. The molecule has 1 aliphatic heterocycles. The van der Waals surface area contributed by atoms with Gasteiger partial charge in [0.1, 0.15) is 5.84 Å². The van der Waals surface area contributed by atoms with E-state index in [1.165, 1.54) is 26.2 Å². The highest BCUT2D eigenvalue weighted by molar-refractivity contribution is 6.30. The maximum absolute atomic E-state index is 11.7. The molecule has 0 saturated heterocycles. The van der Waals surface area contributed by atoms with Crippen LogP contribution >= 0.6 is 11.6 Å². The molecule has 1 fully saturated rings. The zero-order chi connectivity index (χ0) is 20.4. The quantitative estimate of drug-likeness (QED) is 0.603. The van der Waals surface area contributed by atoms with Gasteiger partial charge >= 0.3 is 0 Å². The van der Waals surface area contributed by atoms with Crippen LogP contribution in [0.1, 0.15) is 50.2 Å². The Balaban J connectivity index is 1.74. The van der Waals surface area contributed by atoms with Crippen molar-refractivity contribution in [2.45, 2.75) is 58.0 Å². The highest BCUT2D eigenvalue weighted by Crippen LogP contribution is 2.44. The number of nitrogens with one attached hydrogen (secondary N) is 3. The van der Waals surface area contributed by atoms with Crippen molar-refractivity contribution in [3.8, 4) is 0 Å². The number of carbonyl (C=O) groups excluding carboxylic acids is 1. The van der Waals surface area contributed by atoms with E-state index in [1.807, 2.05) is 36.4 Å². The number of rotatable bonds is 3. The Morgan fingerprint density at radius 3 is 2.69 bits per heavy atom. The molecular formula is C23H27ClN4O. The Morgan fingerprint density at radius 1 is 1.17 bits per heavy atom. The normalized spacial score (nSPS) is 18.7. The van der Waals surface area contributed by atoms with Gasteiger partial charge in [-0.25, -0.2) is 0 Å². The number of benzene rings is 2. The van der Waals surface area contributed by atoms with E-state index in [9.17, 15) is 4.79 Å². The Morgan fingerprint density at radius 2 is 1.97 bits per heavy atom. The summed E-state index contributed by atoms with van der Waals surface area (Å²) < 4.78 is 0. The number of halogens is 1. The Hall–Kier alpha value is -2.53.